The summed E-state index contributed by atoms with van der Waals surface area (Å²) in [6, 6.07) is 0. The van der Waals surface area contributed by atoms with E-state index in [4.69, 9.17) is 15.9 Å². The minimum absolute atomic E-state index is 0.303. The van der Waals surface area contributed by atoms with Crippen molar-refractivity contribution in [3.8, 4) is 0 Å². The maximum absolute atomic E-state index is 7.04. The van der Waals surface area contributed by atoms with Crippen LogP contribution in [0.3, 0.4) is 0 Å². The molecule has 0 spiro atoms. The maximum Gasteiger partial charge on any atom is 0.0905 e. The summed E-state index contributed by atoms with van der Waals surface area (Å²) in [4.78, 5) is 0. The third-order valence-electron chi connectivity index (χ3n) is 2.06. The van der Waals surface area contributed by atoms with Gasteiger partial charge in [0.05, 0.1) is 11.9 Å². The van der Waals surface area contributed by atoms with Gasteiger partial charge in [-0.1, -0.05) is 0 Å². The van der Waals surface area contributed by atoms with E-state index in [-0.39, 0.29) is 0 Å². The first kappa shape index (κ1) is 10.9. The first-order valence-electron chi connectivity index (χ1n) is 4.81. The Morgan fingerprint density at radius 3 is 3.08 bits per heavy atom. The molecular formula is C9H18N2OS. The van der Waals surface area contributed by atoms with Crippen LogP contribution in [-0.2, 0) is 4.74 Å². The molecule has 0 aromatic heterocycles. The van der Waals surface area contributed by atoms with E-state index in [1.54, 1.807) is 0 Å². The van der Waals surface area contributed by atoms with Gasteiger partial charge in [-0.3, -0.25) is 5.41 Å². The second-order valence-corrected chi connectivity index (χ2v) is 4.49. The van der Waals surface area contributed by atoms with E-state index in [2.05, 4.69) is 0 Å². The highest BCUT2D eigenvalue weighted by Gasteiger charge is 2.14. The van der Waals surface area contributed by atoms with Crippen molar-refractivity contribution in [1.29, 1.82) is 5.41 Å². The van der Waals surface area contributed by atoms with Crippen molar-refractivity contribution in [1.82, 2.24) is 0 Å². The van der Waals surface area contributed by atoms with Crippen LogP contribution in [-0.4, -0.2) is 30.1 Å². The maximum atomic E-state index is 7.04. The van der Waals surface area contributed by atoms with Gasteiger partial charge >= 0.3 is 0 Å². The van der Waals surface area contributed by atoms with Gasteiger partial charge in [-0.05, 0) is 25.0 Å². The molecule has 0 amide bonds. The number of nitrogens with two attached hydrogens (primary N) is 1. The molecule has 0 radical (unpaired) electrons. The Balaban J connectivity index is 1.86. The van der Waals surface area contributed by atoms with Crippen molar-refractivity contribution >= 4 is 17.6 Å². The Kier molecular flexibility index (Phi) is 5.23. The van der Waals surface area contributed by atoms with Crippen molar-refractivity contribution in [3.63, 3.8) is 0 Å². The summed E-state index contributed by atoms with van der Waals surface area (Å²) < 4.78 is 5.49. The summed E-state index contributed by atoms with van der Waals surface area (Å²) in [5.41, 5.74) is 5.25. The molecule has 0 aromatic carbocycles. The van der Waals surface area contributed by atoms with Crippen LogP contribution in [0.1, 0.15) is 25.7 Å². The molecule has 1 heterocycles. The van der Waals surface area contributed by atoms with Gasteiger partial charge in [0.2, 0.25) is 0 Å². The zero-order valence-corrected chi connectivity index (χ0v) is 8.74. The predicted molar refractivity (Wildman–Crippen MR) is 57.4 cm³/mol. The number of ether oxygens (including phenoxy) is 1. The Labute approximate surface area is 83.9 Å². The van der Waals surface area contributed by atoms with Crippen LogP contribution in [0.15, 0.2) is 0 Å². The smallest absolute Gasteiger partial charge is 0.0905 e. The Hall–Kier alpha value is -0.220. The number of thioether (sulfide) groups is 1. The summed E-state index contributed by atoms with van der Waals surface area (Å²) in [6.45, 7) is 0.943. The van der Waals surface area contributed by atoms with Crippen LogP contribution in [0, 0.1) is 5.41 Å². The molecule has 1 atom stereocenters. The number of hydrogen-bond donors (Lipinski definition) is 2. The third kappa shape index (κ3) is 5.16. The average Bonchev–Trinajstić information content (AvgIpc) is 2.55. The lowest BCUT2D eigenvalue weighted by Gasteiger charge is -2.07. The van der Waals surface area contributed by atoms with Gasteiger partial charge in [-0.2, -0.15) is 11.8 Å². The van der Waals surface area contributed by atoms with E-state index < -0.39 is 0 Å². The molecule has 0 aromatic rings. The third-order valence-corrected chi connectivity index (χ3v) is 3.25. The second kappa shape index (κ2) is 6.27. The molecule has 0 aliphatic carbocycles. The van der Waals surface area contributed by atoms with Gasteiger partial charge in [0.1, 0.15) is 0 Å². The lowest BCUT2D eigenvalue weighted by molar-refractivity contribution is 0.129. The van der Waals surface area contributed by atoms with Gasteiger partial charge in [0.15, 0.2) is 0 Å². The van der Waals surface area contributed by atoms with Crippen LogP contribution in [0.2, 0.25) is 0 Å². The largest absolute Gasteiger partial charge is 0.388 e. The lowest BCUT2D eigenvalue weighted by Crippen LogP contribution is -2.10. The number of hydrogen-bond acceptors (Lipinski definition) is 3. The molecule has 3 nitrogen and oxygen atoms in total. The molecule has 0 bridgehead atoms. The number of nitrogens with one attached hydrogen (secondary N) is 1. The minimum atomic E-state index is 0.303. The van der Waals surface area contributed by atoms with Crippen LogP contribution < -0.4 is 5.73 Å². The fraction of sp³-hybridized carbons (Fsp3) is 0.889. The monoisotopic (exact) mass is 202 g/mol. The molecule has 13 heavy (non-hydrogen) atoms. The lowest BCUT2D eigenvalue weighted by atomic mass is 10.3. The van der Waals surface area contributed by atoms with Crippen LogP contribution in [0.5, 0.6) is 0 Å². The van der Waals surface area contributed by atoms with Crippen LogP contribution in [0.4, 0.5) is 0 Å². The summed E-state index contributed by atoms with van der Waals surface area (Å²) >= 11 is 1.92. The van der Waals surface area contributed by atoms with Gasteiger partial charge in [-0.15, -0.1) is 0 Å². The number of amidine groups is 1. The zero-order chi connectivity index (χ0) is 9.52. The van der Waals surface area contributed by atoms with Crippen LogP contribution >= 0.6 is 11.8 Å². The second-order valence-electron chi connectivity index (χ2n) is 3.34. The Morgan fingerprint density at radius 2 is 2.46 bits per heavy atom. The van der Waals surface area contributed by atoms with E-state index >= 15 is 0 Å². The molecule has 1 saturated heterocycles. The number of rotatable bonds is 6. The van der Waals surface area contributed by atoms with Crippen molar-refractivity contribution in [2.45, 2.75) is 31.8 Å². The van der Waals surface area contributed by atoms with E-state index in [1.807, 2.05) is 11.8 Å². The van der Waals surface area contributed by atoms with Crippen LogP contribution in [0.25, 0.3) is 0 Å². The highest BCUT2D eigenvalue weighted by atomic mass is 32.2. The summed E-state index contributed by atoms with van der Waals surface area (Å²) in [7, 11) is 0. The van der Waals surface area contributed by atoms with Gasteiger partial charge in [-0.25, -0.2) is 0 Å². The molecule has 1 unspecified atom stereocenters. The first-order chi connectivity index (χ1) is 6.29. The molecule has 1 rings (SSSR count). The summed E-state index contributed by atoms with van der Waals surface area (Å²) in [5.74, 6) is 2.51. The Bertz CT molecular complexity index is 158. The zero-order valence-electron chi connectivity index (χ0n) is 7.92. The fourth-order valence-electron chi connectivity index (χ4n) is 1.36. The van der Waals surface area contributed by atoms with Crippen molar-refractivity contribution in [3.05, 3.63) is 0 Å². The SMILES string of the molecule is N=C(N)CCCSCC1CCCO1. The standard InChI is InChI=1S/C9H18N2OS/c10-9(11)4-2-6-13-7-8-3-1-5-12-8/h8H,1-7H2,(H3,10,11). The normalized spacial score (nSPS) is 22.0. The van der Waals surface area contributed by atoms with E-state index in [1.165, 1.54) is 12.8 Å². The predicted octanol–water partition coefficient (Wildman–Crippen LogP) is 1.61. The molecule has 1 aliphatic heterocycles. The molecular weight excluding hydrogens is 184 g/mol. The minimum Gasteiger partial charge on any atom is -0.388 e. The van der Waals surface area contributed by atoms with Gasteiger partial charge < -0.3 is 10.5 Å². The van der Waals surface area contributed by atoms with E-state index in [0.29, 0.717) is 11.9 Å². The topological polar surface area (TPSA) is 59.1 Å². The molecule has 1 fully saturated rings. The Morgan fingerprint density at radius 1 is 1.62 bits per heavy atom. The fourth-order valence-corrected chi connectivity index (χ4v) is 2.40. The highest BCUT2D eigenvalue weighted by Crippen LogP contribution is 2.17. The quantitative estimate of drug-likeness (QED) is 0.391. The molecule has 0 saturated carbocycles. The van der Waals surface area contributed by atoms with Gasteiger partial charge in [0, 0.05) is 18.8 Å². The van der Waals surface area contributed by atoms with E-state index in [9.17, 15) is 0 Å². The van der Waals surface area contributed by atoms with Crippen molar-refractivity contribution in [2.75, 3.05) is 18.1 Å². The van der Waals surface area contributed by atoms with E-state index in [0.717, 1.165) is 31.0 Å². The molecule has 3 N–H and O–H groups in total. The molecule has 1 aliphatic rings. The van der Waals surface area contributed by atoms with Crippen molar-refractivity contribution < 1.29 is 4.74 Å². The molecule has 76 valence electrons. The highest BCUT2D eigenvalue weighted by molar-refractivity contribution is 7.99. The molecule has 4 heteroatoms. The summed E-state index contributed by atoms with van der Waals surface area (Å²) in [5, 5.41) is 7.04. The summed E-state index contributed by atoms with van der Waals surface area (Å²) in [6.07, 6.45) is 4.69. The van der Waals surface area contributed by atoms with Crippen molar-refractivity contribution in [2.24, 2.45) is 5.73 Å². The average molecular weight is 202 g/mol. The van der Waals surface area contributed by atoms with Gasteiger partial charge in [0.25, 0.3) is 0 Å². The first-order valence-corrected chi connectivity index (χ1v) is 5.97.